The van der Waals surface area contributed by atoms with Gasteiger partial charge in [-0.1, -0.05) is 360 Å². The van der Waals surface area contributed by atoms with E-state index in [4.69, 9.17) is 4.74 Å². The second-order valence-electron chi connectivity index (χ2n) is 24.9. The van der Waals surface area contributed by atoms with Crippen molar-refractivity contribution in [2.24, 2.45) is 0 Å². The van der Waals surface area contributed by atoms with E-state index in [-0.39, 0.29) is 18.5 Å². The van der Waals surface area contributed by atoms with Gasteiger partial charge in [0.25, 0.3) is 0 Å². The molecule has 6 heteroatoms. The lowest BCUT2D eigenvalue weighted by Gasteiger charge is -2.22. The number of ether oxygens (including phenoxy) is 1. The van der Waals surface area contributed by atoms with Crippen LogP contribution in [0.1, 0.15) is 412 Å². The number of nitrogens with one attached hydrogen (secondary N) is 1. The van der Waals surface area contributed by atoms with E-state index in [0.29, 0.717) is 25.9 Å². The summed E-state index contributed by atoms with van der Waals surface area (Å²) in [6, 6.07) is -0.538. The molecule has 0 aliphatic heterocycles. The number of carbonyl (C=O) groups is 2. The highest BCUT2D eigenvalue weighted by Gasteiger charge is 2.20. The predicted octanol–water partition coefficient (Wildman–Crippen LogP) is 23.1. The summed E-state index contributed by atoms with van der Waals surface area (Å²) in [6.45, 7) is 4.98. The highest BCUT2D eigenvalue weighted by atomic mass is 16.5. The van der Waals surface area contributed by atoms with Crippen LogP contribution in [0.2, 0.25) is 0 Å². The normalized spacial score (nSPS) is 12.5. The first-order valence-corrected chi connectivity index (χ1v) is 35.9. The Balaban J connectivity index is 3.32. The number of hydrogen-bond donors (Lipinski definition) is 3. The Morgan fingerprint density at radius 2 is 0.603 bits per heavy atom. The Hall–Kier alpha value is -1.40. The molecule has 0 aliphatic rings. The van der Waals surface area contributed by atoms with E-state index in [1.807, 2.05) is 0 Å². The zero-order chi connectivity index (χ0) is 56.4. The fraction of sp³-hybridized carbons (Fsp3) is 0.944. The van der Waals surface area contributed by atoms with E-state index in [9.17, 15) is 19.8 Å². The molecular formula is C72H141NO5. The van der Waals surface area contributed by atoms with Gasteiger partial charge in [0.1, 0.15) is 0 Å². The third-order valence-electron chi connectivity index (χ3n) is 17.1. The van der Waals surface area contributed by atoms with Crippen LogP contribution >= 0.6 is 0 Å². The monoisotopic (exact) mass is 1100 g/mol. The molecular weight excluding hydrogens is 959 g/mol. The summed E-state index contributed by atoms with van der Waals surface area (Å²) in [6.07, 6.45) is 84.1. The van der Waals surface area contributed by atoms with E-state index < -0.39 is 12.1 Å². The summed E-state index contributed by atoms with van der Waals surface area (Å²) in [4.78, 5) is 24.6. The molecule has 0 fully saturated rings. The molecule has 0 aromatic carbocycles. The van der Waals surface area contributed by atoms with Gasteiger partial charge in [-0.05, 0) is 51.4 Å². The van der Waals surface area contributed by atoms with Crippen molar-refractivity contribution in [2.45, 2.75) is 424 Å². The second-order valence-corrected chi connectivity index (χ2v) is 24.9. The quantitative estimate of drug-likeness (QED) is 0.0320. The number of hydrogen-bond acceptors (Lipinski definition) is 5. The third-order valence-corrected chi connectivity index (χ3v) is 17.1. The first-order chi connectivity index (χ1) is 38.5. The van der Waals surface area contributed by atoms with Crippen LogP contribution in [0.5, 0.6) is 0 Å². The van der Waals surface area contributed by atoms with Crippen molar-refractivity contribution >= 4 is 11.9 Å². The van der Waals surface area contributed by atoms with Gasteiger partial charge in [-0.3, -0.25) is 9.59 Å². The van der Waals surface area contributed by atoms with Crippen LogP contribution in [-0.2, 0) is 14.3 Å². The molecule has 0 aromatic heterocycles. The number of rotatable bonds is 68. The van der Waals surface area contributed by atoms with Crippen LogP contribution in [0.4, 0.5) is 0 Å². The second kappa shape index (κ2) is 68.1. The summed E-state index contributed by atoms with van der Waals surface area (Å²) < 4.78 is 5.48. The van der Waals surface area contributed by atoms with Gasteiger partial charge in [0.05, 0.1) is 25.4 Å². The minimum absolute atomic E-state index is 0.0123. The Morgan fingerprint density at radius 3 is 0.923 bits per heavy atom. The molecule has 464 valence electrons. The molecule has 0 saturated heterocycles. The van der Waals surface area contributed by atoms with Gasteiger partial charge >= 0.3 is 5.97 Å². The van der Waals surface area contributed by atoms with E-state index >= 15 is 0 Å². The van der Waals surface area contributed by atoms with Crippen LogP contribution < -0.4 is 5.32 Å². The van der Waals surface area contributed by atoms with Gasteiger partial charge in [-0.2, -0.15) is 0 Å². The SMILES string of the molecule is CCCCCC/C=C\CCCCCCCC(=O)OCCCCCCCCCCCCCCCCCCCCCCCCCCCCCCCCCC(=O)NC(CO)C(O)CCCCCCCCCCCCCCCCCCC. The maximum absolute atomic E-state index is 12.5. The van der Waals surface area contributed by atoms with E-state index in [0.717, 1.165) is 44.9 Å². The average Bonchev–Trinajstić information content (AvgIpc) is 3.44. The van der Waals surface area contributed by atoms with Crippen molar-refractivity contribution in [3.8, 4) is 0 Å². The maximum Gasteiger partial charge on any atom is 0.305 e. The van der Waals surface area contributed by atoms with E-state index in [2.05, 4.69) is 31.3 Å². The highest BCUT2D eigenvalue weighted by molar-refractivity contribution is 5.76. The molecule has 0 saturated carbocycles. The summed E-state index contributed by atoms with van der Waals surface area (Å²) in [5.41, 5.74) is 0. The molecule has 0 aromatic rings. The summed E-state index contributed by atoms with van der Waals surface area (Å²) in [5, 5.41) is 23.4. The number of aliphatic hydroxyl groups excluding tert-OH is 2. The molecule has 2 atom stereocenters. The van der Waals surface area contributed by atoms with Gasteiger partial charge in [0.15, 0.2) is 0 Å². The van der Waals surface area contributed by atoms with Crippen LogP contribution in [0.3, 0.4) is 0 Å². The Morgan fingerprint density at radius 1 is 0.346 bits per heavy atom. The topological polar surface area (TPSA) is 95.9 Å². The first-order valence-electron chi connectivity index (χ1n) is 35.9. The lowest BCUT2D eigenvalue weighted by molar-refractivity contribution is -0.143. The molecule has 1 amide bonds. The molecule has 0 aliphatic carbocycles. The lowest BCUT2D eigenvalue weighted by Crippen LogP contribution is -2.45. The molecule has 0 spiro atoms. The Labute approximate surface area is 489 Å². The van der Waals surface area contributed by atoms with Crippen molar-refractivity contribution in [1.29, 1.82) is 0 Å². The molecule has 6 nitrogen and oxygen atoms in total. The molecule has 3 N–H and O–H groups in total. The molecule has 0 bridgehead atoms. The highest BCUT2D eigenvalue weighted by Crippen LogP contribution is 2.19. The predicted molar refractivity (Wildman–Crippen MR) is 343 cm³/mol. The maximum atomic E-state index is 12.5. The minimum Gasteiger partial charge on any atom is -0.466 e. The number of allylic oxidation sites excluding steroid dienone is 2. The smallest absolute Gasteiger partial charge is 0.305 e. The van der Waals surface area contributed by atoms with Crippen molar-refractivity contribution < 1.29 is 24.5 Å². The van der Waals surface area contributed by atoms with Crippen LogP contribution in [0.15, 0.2) is 12.2 Å². The Bertz CT molecular complexity index is 1180. The van der Waals surface area contributed by atoms with Crippen molar-refractivity contribution in [3.05, 3.63) is 12.2 Å². The van der Waals surface area contributed by atoms with Crippen molar-refractivity contribution in [3.63, 3.8) is 0 Å². The number of esters is 1. The Kier molecular flexibility index (Phi) is 66.9. The van der Waals surface area contributed by atoms with E-state index in [1.165, 1.54) is 334 Å². The minimum atomic E-state index is -0.661. The van der Waals surface area contributed by atoms with Gasteiger partial charge in [0, 0.05) is 12.8 Å². The van der Waals surface area contributed by atoms with Gasteiger partial charge in [-0.25, -0.2) is 0 Å². The fourth-order valence-electron chi connectivity index (χ4n) is 11.6. The van der Waals surface area contributed by atoms with Crippen molar-refractivity contribution in [1.82, 2.24) is 5.32 Å². The lowest BCUT2D eigenvalue weighted by atomic mass is 10.0. The average molecular weight is 1100 g/mol. The summed E-state index contributed by atoms with van der Waals surface area (Å²) >= 11 is 0. The number of carbonyl (C=O) groups excluding carboxylic acids is 2. The van der Waals surface area contributed by atoms with Gasteiger partial charge in [-0.15, -0.1) is 0 Å². The fourth-order valence-corrected chi connectivity index (χ4v) is 11.6. The summed E-state index contributed by atoms with van der Waals surface area (Å²) in [7, 11) is 0. The van der Waals surface area contributed by atoms with Crippen LogP contribution in [0, 0.1) is 0 Å². The zero-order valence-electron chi connectivity index (χ0n) is 53.2. The zero-order valence-corrected chi connectivity index (χ0v) is 53.2. The van der Waals surface area contributed by atoms with Gasteiger partial charge < -0.3 is 20.3 Å². The summed E-state index contributed by atoms with van der Waals surface area (Å²) in [5.74, 6) is -0.0144. The molecule has 2 unspecified atom stereocenters. The molecule has 0 radical (unpaired) electrons. The third kappa shape index (κ3) is 63.8. The van der Waals surface area contributed by atoms with Crippen LogP contribution in [-0.4, -0.2) is 47.4 Å². The number of unbranched alkanes of at least 4 members (excludes halogenated alkanes) is 55. The van der Waals surface area contributed by atoms with Crippen molar-refractivity contribution in [2.75, 3.05) is 13.2 Å². The van der Waals surface area contributed by atoms with E-state index in [1.54, 1.807) is 0 Å². The van der Waals surface area contributed by atoms with Gasteiger partial charge in [0.2, 0.25) is 5.91 Å². The molecule has 0 heterocycles. The number of aliphatic hydroxyl groups is 2. The number of amides is 1. The largest absolute Gasteiger partial charge is 0.466 e. The standard InChI is InChI=1S/C72H141NO5/c1-3-5-7-9-11-13-15-17-18-34-37-41-44-48-52-56-60-64-70(75)69(68-74)73-71(76)65-61-57-53-49-45-42-38-35-32-30-28-26-24-22-20-19-21-23-25-27-29-31-33-36-39-43-47-51-55-59-63-67-78-72(77)66-62-58-54-50-46-40-16-14-12-10-8-6-4-2/h14,16,69-70,74-75H,3-13,15,17-68H2,1-2H3,(H,73,76)/b16-14-. The first kappa shape index (κ1) is 76.6. The molecule has 78 heavy (non-hydrogen) atoms. The molecule has 0 rings (SSSR count). The van der Waals surface area contributed by atoms with Crippen LogP contribution in [0.25, 0.3) is 0 Å².